The number of hydrogen-bond donors (Lipinski definition) is 1. The molecular formula is C19H18FNO3. The quantitative estimate of drug-likeness (QED) is 0.918. The number of benzene rings is 2. The lowest BCUT2D eigenvalue weighted by atomic mass is 9.94. The Morgan fingerprint density at radius 2 is 1.83 bits per heavy atom. The zero-order valence-corrected chi connectivity index (χ0v) is 13.2. The molecule has 0 radical (unpaired) electrons. The Kier molecular flexibility index (Phi) is 3.63. The molecule has 1 heterocycles. The van der Waals surface area contributed by atoms with Crippen molar-refractivity contribution in [1.29, 1.82) is 0 Å². The van der Waals surface area contributed by atoms with Crippen LogP contribution in [0.3, 0.4) is 0 Å². The molecule has 124 valence electrons. The molecule has 1 aliphatic heterocycles. The van der Waals surface area contributed by atoms with Crippen LogP contribution < -0.4 is 14.8 Å². The molecule has 2 aliphatic rings. The highest BCUT2D eigenvalue weighted by Gasteiger charge is 2.51. The summed E-state index contributed by atoms with van der Waals surface area (Å²) in [7, 11) is 0. The van der Waals surface area contributed by atoms with E-state index >= 15 is 0 Å². The molecule has 24 heavy (non-hydrogen) atoms. The van der Waals surface area contributed by atoms with Gasteiger partial charge in [0.1, 0.15) is 5.82 Å². The molecule has 2 aromatic carbocycles. The highest BCUT2D eigenvalue weighted by molar-refractivity contribution is 5.91. The first-order valence-electron chi connectivity index (χ1n) is 8.10. The number of halogens is 1. The standard InChI is InChI=1S/C19H18FNO3/c20-15-4-1-13(2-5-15)7-10-21-18(22)19(8-9-19)14-3-6-16-17(11-14)24-12-23-16/h1-6,11H,7-10,12H2,(H,21,22). The van der Waals surface area contributed by atoms with Gasteiger partial charge in [0.2, 0.25) is 12.7 Å². The molecule has 4 rings (SSSR count). The predicted octanol–water partition coefficient (Wildman–Crippen LogP) is 2.94. The number of rotatable bonds is 5. The Hall–Kier alpha value is -2.56. The average molecular weight is 327 g/mol. The summed E-state index contributed by atoms with van der Waals surface area (Å²) in [4.78, 5) is 12.6. The van der Waals surface area contributed by atoms with Gasteiger partial charge >= 0.3 is 0 Å². The van der Waals surface area contributed by atoms with E-state index in [1.807, 2.05) is 18.2 Å². The molecule has 1 aliphatic carbocycles. The number of nitrogens with one attached hydrogen (secondary N) is 1. The van der Waals surface area contributed by atoms with E-state index in [0.717, 1.165) is 29.7 Å². The third-order valence-corrected chi connectivity index (χ3v) is 4.72. The molecule has 4 nitrogen and oxygen atoms in total. The summed E-state index contributed by atoms with van der Waals surface area (Å²) in [6, 6.07) is 12.1. The molecule has 0 bridgehead atoms. The van der Waals surface area contributed by atoms with Crippen molar-refractivity contribution in [2.75, 3.05) is 13.3 Å². The maximum absolute atomic E-state index is 12.9. The van der Waals surface area contributed by atoms with Crippen LogP contribution in [-0.4, -0.2) is 19.2 Å². The van der Waals surface area contributed by atoms with E-state index in [0.29, 0.717) is 18.7 Å². The van der Waals surface area contributed by atoms with Crippen molar-refractivity contribution in [3.63, 3.8) is 0 Å². The van der Waals surface area contributed by atoms with Crippen molar-refractivity contribution in [2.24, 2.45) is 0 Å². The van der Waals surface area contributed by atoms with Crippen molar-refractivity contribution in [1.82, 2.24) is 5.32 Å². The number of carbonyl (C=O) groups excluding carboxylic acids is 1. The molecule has 0 atom stereocenters. The Labute approximate surface area is 139 Å². The first-order valence-corrected chi connectivity index (χ1v) is 8.10. The van der Waals surface area contributed by atoms with E-state index in [9.17, 15) is 9.18 Å². The van der Waals surface area contributed by atoms with Crippen LogP contribution in [0.2, 0.25) is 0 Å². The van der Waals surface area contributed by atoms with Gasteiger partial charge in [-0.1, -0.05) is 18.2 Å². The fourth-order valence-corrected chi connectivity index (χ4v) is 3.11. The minimum atomic E-state index is -0.441. The van der Waals surface area contributed by atoms with E-state index in [4.69, 9.17) is 9.47 Å². The second-order valence-electron chi connectivity index (χ2n) is 6.28. The number of hydrogen-bond acceptors (Lipinski definition) is 3. The second kappa shape index (κ2) is 5.82. The summed E-state index contributed by atoms with van der Waals surface area (Å²) in [6.07, 6.45) is 2.37. The zero-order valence-electron chi connectivity index (χ0n) is 13.2. The molecule has 1 N–H and O–H groups in total. The average Bonchev–Trinajstić information content (AvgIpc) is 3.28. The van der Waals surface area contributed by atoms with E-state index in [1.54, 1.807) is 12.1 Å². The minimum Gasteiger partial charge on any atom is -0.454 e. The van der Waals surface area contributed by atoms with Crippen LogP contribution in [0.5, 0.6) is 11.5 Å². The lowest BCUT2D eigenvalue weighted by Gasteiger charge is -2.16. The van der Waals surface area contributed by atoms with Crippen LogP contribution in [0, 0.1) is 5.82 Å². The molecule has 0 unspecified atom stereocenters. The second-order valence-corrected chi connectivity index (χ2v) is 6.28. The van der Waals surface area contributed by atoms with Gasteiger partial charge in [-0.05, 0) is 54.7 Å². The van der Waals surface area contributed by atoms with Crippen LogP contribution in [0.15, 0.2) is 42.5 Å². The Morgan fingerprint density at radius 1 is 1.08 bits per heavy atom. The number of fused-ring (bicyclic) bond motifs is 1. The molecule has 0 aromatic heterocycles. The lowest BCUT2D eigenvalue weighted by Crippen LogP contribution is -2.35. The molecule has 0 saturated heterocycles. The summed E-state index contributed by atoms with van der Waals surface area (Å²) in [6.45, 7) is 0.770. The molecule has 1 fully saturated rings. The summed E-state index contributed by atoms with van der Waals surface area (Å²) >= 11 is 0. The van der Waals surface area contributed by atoms with Crippen molar-refractivity contribution < 1.29 is 18.7 Å². The van der Waals surface area contributed by atoms with Crippen molar-refractivity contribution in [3.8, 4) is 11.5 Å². The van der Waals surface area contributed by atoms with Crippen LogP contribution in [0.4, 0.5) is 4.39 Å². The van der Waals surface area contributed by atoms with Gasteiger partial charge in [-0.2, -0.15) is 0 Å². The van der Waals surface area contributed by atoms with Crippen LogP contribution >= 0.6 is 0 Å². The summed E-state index contributed by atoms with van der Waals surface area (Å²) in [5, 5.41) is 3.01. The summed E-state index contributed by atoms with van der Waals surface area (Å²) < 4.78 is 23.6. The van der Waals surface area contributed by atoms with E-state index < -0.39 is 5.41 Å². The van der Waals surface area contributed by atoms with Gasteiger partial charge in [-0.25, -0.2) is 4.39 Å². The highest BCUT2D eigenvalue weighted by Crippen LogP contribution is 2.50. The first kappa shape index (κ1) is 15.0. The fourth-order valence-electron chi connectivity index (χ4n) is 3.11. The van der Waals surface area contributed by atoms with E-state index in [1.165, 1.54) is 12.1 Å². The van der Waals surface area contributed by atoms with Gasteiger partial charge in [0.15, 0.2) is 11.5 Å². The monoisotopic (exact) mass is 327 g/mol. The normalized spacial score (nSPS) is 16.7. The lowest BCUT2D eigenvalue weighted by molar-refractivity contribution is -0.123. The number of carbonyl (C=O) groups is 1. The summed E-state index contributed by atoms with van der Waals surface area (Å²) in [5.74, 6) is 1.23. The molecule has 1 saturated carbocycles. The van der Waals surface area contributed by atoms with Crippen LogP contribution in [0.25, 0.3) is 0 Å². The smallest absolute Gasteiger partial charge is 0.231 e. The zero-order chi connectivity index (χ0) is 16.6. The maximum atomic E-state index is 12.9. The largest absolute Gasteiger partial charge is 0.454 e. The van der Waals surface area contributed by atoms with Crippen molar-refractivity contribution in [3.05, 3.63) is 59.4 Å². The predicted molar refractivity (Wildman–Crippen MR) is 86.6 cm³/mol. The minimum absolute atomic E-state index is 0.0449. The van der Waals surface area contributed by atoms with Crippen LogP contribution in [-0.2, 0) is 16.6 Å². The van der Waals surface area contributed by atoms with Gasteiger partial charge in [-0.3, -0.25) is 4.79 Å². The Bertz CT molecular complexity index is 769. The van der Waals surface area contributed by atoms with Gasteiger partial charge in [0.05, 0.1) is 5.41 Å². The number of ether oxygens (including phenoxy) is 2. The van der Waals surface area contributed by atoms with Crippen molar-refractivity contribution >= 4 is 5.91 Å². The fraction of sp³-hybridized carbons (Fsp3) is 0.316. The maximum Gasteiger partial charge on any atom is 0.231 e. The Morgan fingerprint density at radius 3 is 2.58 bits per heavy atom. The summed E-state index contributed by atoms with van der Waals surface area (Å²) in [5.41, 5.74) is 1.54. The van der Waals surface area contributed by atoms with Crippen molar-refractivity contribution in [2.45, 2.75) is 24.7 Å². The van der Waals surface area contributed by atoms with Gasteiger partial charge < -0.3 is 14.8 Å². The topological polar surface area (TPSA) is 47.6 Å². The molecule has 1 amide bonds. The van der Waals surface area contributed by atoms with E-state index in [2.05, 4.69) is 5.32 Å². The molecule has 5 heteroatoms. The third kappa shape index (κ3) is 2.70. The number of amides is 1. The van der Waals surface area contributed by atoms with Gasteiger partial charge in [0.25, 0.3) is 0 Å². The Balaban J connectivity index is 1.39. The van der Waals surface area contributed by atoms with Gasteiger partial charge in [0, 0.05) is 6.54 Å². The first-order chi connectivity index (χ1) is 11.7. The van der Waals surface area contributed by atoms with Crippen LogP contribution in [0.1, 0.15) is 24.0 Å². The van der Waals surface area contributed by atoms with Gasteiger partial charge in [-0.15, -0.1) is 0 Å². The molecular weight excluding hydrogens is 309 g/mol. The molecule has 0 spiro atoms. The van der Waals surface area contributed by atoms with E-state index in [-0.39, 0.29) is 18.5 Å². The third-order valence-electron chi connectivity index (χ3n) is 4.72. The molecule has 2 aromatic rings. The highest BCUT2D eigenvalue weighted by atomic mass is 19.1. The SMILES string of the molecule is O=C(NCCc1ccc(F)cc1)C1(c2ccc3c(c2)OCO3)CC1.